The summed E-state index contributed by atoms with van der Waals surface area (Å²) < 4.78 is 0. The van der Waals surface area contributed by atoms with Gasteiger partial charge in [-0.05, 0) is 43.5 Å². The van der Waals surface area contributed by atoms with Crippen molar-refractivity contribution in [2.24, 2.45) is 16.6 Å². The highest BCUT2D eigenvalue weighted by Crippen LogP contribution is 2.31. The van der Waals surface area contributed by atoms with Crippen molar-refractivity contribution in [1.82, 2.24) is 4.98 Å². The number of anilines is 2. The maximum atomic E-state index is 12.9. The Hall–Kier alpha value is -3.42. The average Bonchev–Trinajstić information content (AvgIpc) is 3.16. The molecule has 2 aromatic rings. The topological polar surface area (TPSA) is 121 Å². The maximum Gasteiger partial charge on any atom is 0.274 e. The Morgan fingerprint density at radius 1 is 1.19 bits per heavy atom. The van der Waals surface area contributed by atoms with E-state index < -0.39 is 11.8 Å². The molecule has 1 aliphatic heterocycles. The molecule has 1 aliphatic carbocycles. The number of hydrogen-bond donors (Lipinski definition) is 3. The van der Waals surface area contributed by atoms with E-state index in [1.165, 1.54) is 6.42 Å². The van der Waals surface area contributed by atoms with Gasteiger partial charge in [0, 0.05) is 36.1 Å². The number of H-pyrrole nitrogens is 1. The number of nitrogens with one attached hydrogen (secondary N) is 2. The number of nitrogens with two attached hydrogens (primary N) is 1. The van der Waals surface area contributed by atoms with Crippen LogP contribution >= 0.6 is 0 Å². The number of dihydropyridines is 1. The highest BCUT2D eigenvalue weighted by molar-refractivity contribution is 6.47. The molecule has 1 saturated carbocycles. The minimum Gasteiger partial charge on any atom is -0.365 e. The zero-order chi connectivity index (χ0) is 22.0. The van der Waals surface area contributed by atoms with Crippen LogP contribution in [0.5, 0.6) is 0 Å². The predicted octanol–water partition coefficient (Wildman–Crippen LogP) is 3.15. The van der Waals surface area contributed by atoms with Gasteiger partial charge in [-0.25, -0.2) is 0 Å². The lowest BCUT2D eigenvalue weighted by Gasteiger charge is -2.26. The molecule has 1 aromatic heterocycles. The van der Waals surface area contributed by atoms with Crippen LogP contribution in [0.1, 0.15) is 48.9 Å². The van der Waals surface area contributed by atoms with E-state index in [1.54, 1.807) is 36.2 Å². The van der Waals surface area contributed by atoms with Crippen LogP contribution in [0, 0.1) is 5.92 Å². The third kappa shape index (κ3) is 4.23. The minimum absolute atomic E-state index is 0.0541. The van der Waals surface area contributed by atoms with Gasteiger partial charge < -0.3 is 20.9 Å². The van der Waals surface area contributed by atoms with Gasteiger partial charge in [-0.3, -0.25) is 19.4 Å². The summed E-state index contributed by atoms with van der Waals surface area (Å²) in [6, 6.07) is 5.35. The SMILES string of the molecule is CN(C(=O)C1CCCCC1)c1ccc2c(C(N)=O)c(NC(=O)C3=NCCC=C3)[nH]c2c1. The number of primary amides is 1. The second-order valence-corrected chi connectivity index (χ2v) is 8.11. The molecule has 0 unspecified atom stereocenters. The Balaban J connectivity index is 1.62. The van der Waals surface area contributed by atoms with Crippen LogP contribution in [0.15, 0.2) is 35.3 Å². The van der Waals surface area contributed by atoms with Gasteiger partial charge in [-0.15, -0.1) is 0 Å². The standard InChI is InChI=1S/C23H27N5O3/c1-28(23(31)14-7-3-2-4-8-14)15-10-11-16-18(13-15)26-21(19(16)20(24)29)27-22(30)17-9-5-6-12-25-17/h5,9-11,13-14,26H,2-4,6-8,12H2,1H3,(H2,24,29)(H,27,30). The lowest BCUT2D eigenvalue weighted by molar-refractivity contribution is -0.123. The number of carbonyl (C=O) groups excluding carboxylic acids is 3. The van der Waals surface area contributed by atoms with Crippen molar-refractivity contribution < 1.29 is 14.4 Å². The molecule has 0 bridgehead atoms. The highest BCUT2D eigenvalue weighted by Gasteiger charge is 2.26. The molecule has 8 heteroatoms. The smallest absolute Gasteiger partial charge is 0.274 e. The molecule has 1 aromatic carbocycles. The number of fused-ring (bicyclic) bond motifs is 1. The molecular weight excluding hydrogens is 394 g/mol. The van der Waals surface area contributed by atoms with Gasteiger partial charge in [-0.2, -0.15) is 0 Å². The predicted molar refractivity (Wildman–Crippen MR) is 121 cm³/mol. The largest absolute Gasteiger partial charge is 0.365 e. The van der Waals surface area contributed by atoms with Crippen LogP contribution in [0.4, 0.5) is 11.5 Å². The molecule has 8 nitrogen and oxygen atoms in total. The fourth-order valence-corrected chi connectivity index (χ4v) is 4.33. The van der Waals surface area contributed by atoms with Gasteiger partial charge in [0.2, 0.25) is 5.91 Å². The van der Waals surface area contributed by atoms with Gasteiger partial charge in [0.1, 0.15) is 11.5 Å². The minimum atomic E-state index is -0.651. The van der Waals surface area contributed by atoms with E-state index in [9.17, 15) is 14.4 Å². The Morgan fingerprint density at radius 2 is 1.97 bits per heavy atom. The Labute approximate surface area is 180 Å². The molecular formula is C23H27N5O3. The molecule has 0 saturated heterocycles. The summed E-state index contributed by atoms with van der Waals surface area (Å²) in [6.07, 6.45) is 9.56. The summed E-state index contributed by atoms with van der Waals surface area (Å²) in [4.78, 5) is 46.5. The second-order valence-electron chi connectivity index (χ2n) is 8.11. The molecule has 2 heterocycles. The van der Waals surface area contributed by atoms with Crippen LogP contribution < -0.4 is 16.0 Å². The molecule has 1 fully saturated rings. The molecule has 0 spiro atoms. The van der Waals surface area contributed by atoms with Crippen LogP contribution in [0.2, 0.25) is 0 Å². The monoisotopic (exact) mass is 421 g/mol. The number of benzene rings is 1. The van der Waals surface area contributed by atoms with Crippen molar-refractivity contribution in [3.05, 3.63) is 35.9 Å². The van der Waals surface area contributed by atoms with Crippen molar-refractivity contribution in [2.45, 2.75) is 38.5 Å². The summed E-state index contributed by atoms with van der Waals surface area (Å²) in [5.41, 5.74) is 7.45. The van der Waals surface area contributed by atoms with Gasteiger partial charge in [0.05, 0.1) is 5.56 Å². The van der Waals surface area contributed by atoms with Gasteiger partial charge >= 0.3 is 0 Å². The number of amides is 3. The van der Waals surface area contributed by atoms with E-state index in [-0.39, 0.29) is 23.2 Å². The Bertz CT molecular complexity index is 1090. The number of aliphatic imine (C=N–C) groups is 1. The number of nitrogens with zero attached hydrogens (tertiary/aromatic N) is 2. The van der Waals surface area contributed by atoms with Gasteiger partial charge in [0.15, 0.2) is 0 Å². The fourth-order valence-electron chi connectivity index (χ4n) is 4.33. The summed E-state index contributed by atoms with van der Waals surface area (Å²) in [6.45, 7) is 0.555. The second kappa shape index (κ2) is 8.75. The number of hydrogen-bond acceptors (Lipinski definition) is 4. The molecule has 2 aliphatic rings. The lowest BCUT2D eigenvalue weighted by atomic mass is 9.88. The first-order valence-electron chi connectivity index (χ1n) is 10.7. The third-order valence-electron chi connectivity index (χ3n) is 6.03. The van der Waals surface area contributed by atoms with Crippen LogP contribution in [0.3, 0.4) is 0 Å². The number of aromatic amines is 1. The zero-order valence-electron chi connectivity index (χ0n) is 17.6. The van der Waals surface area contributed by atoms with E-state index in [4.69, 9.17) is 5.73 Å². The van der Waals surface area contributed by atoms with E-state index in [0.29, 0.717) is 23.2 Å². The Kier molecular flexibility index (Phi) is 5.88. The van der Waals surface area contributed by atoms with Crippen LogP contribution in [-0.2, 0) is 9.59 Å². The quantitative estimate of drug-likeness (QED) is 0.687. The molecule has 0 atom stereocenters. The summed E-state index contributed by atoms with van der Waals surface area (Å²) in [5, 5.41) is 3.31. The first-order chi connectivity index (χ1) is 15.0. The van der Waals surface area contributed by atoms with E-state index in [0.717, 1.165) is 37.8 Å². The molecule has 4 N–H and O–H groups in total. The molecule has 162 valence electrons. The first-order valence-corrected chi connectivity index (χ1v) is 10.7. The van der Waals surface area contributed by atoms with Crippen molar-refractivity contribution in [3.63, 3.8) is 0 Å². The van der Waals surface area contributed by atoms with E-state index in [1.807, 2.05) is 6.08 Å². The van der Waals surface area contributed by atoms with Crippen molar-refractivity contribution >= 4 is 45.8 Å². The average molecular weight is 422 g/mol. The normalized spacial score (nSPS) is 16.7. The summed E-state index contributed by atoms with van der Waals surface area (Å²) in [5.74, 6) is -0.667. The van der Waals surface area contributed by atoms with Crippen molar-refractivity contribution in [1.29, 1.82) is 0 Å². The highest BCUT2D eigenvalue weighted by atomic mass is 16.2. The third-order valence-corrected chi connectivity index (χ3v) is 6.03. The van der Waals surface area contributed by atoms with Crippen LogP contribution in [0.25, 0.3) is 10.9 Å². The molecule has 0 radical (unpaired) electrons. The zero-order valence-corrected chi connectivity index (χ0v) is 17.6. The van der Waals surface area contributed by atoms with Gasteiger partial charge in [-0.1, -0.05) is 25.3 Å². The van der Waals surface area contributed by atoms with Crippen LogP contribution in [-0.4, -0.2) is 42.0 Å². The number of carbonyl (C=O) groups is 3. The van der Waals surface area contributed by atoms with Crippen molar-refractivity contribution in [3.8, 4) is 0 Å². The van der Waals surface area contributed by atoms with E-state index >= 15 is 0 Å². The summed E-state index contributed by atoms with van der Waals surface area (Å²) >= 11 is 0. The molecule has 4 rings (SSSR count). The summed E-state index contributed by atoms with van der Waals surface area (Å²) in [7, 11) is 1.77. The number of rotatable bonds is 5. The molecule has 31 heavy (non-hydrogen) atoms. The lowest BCUT2D eigenvalue weighted by Crippen LogP contribution is -2.33. The Morgan fingerprint density at radius 3 is 2.65 bits per heavy atom. The van der Waals surface area contributed by atoms with Crippen molar-refractivity contribution in [2.75, 3.05) is 23.8 Å². The molecule has 3 amide bonds. The van der Waals surface area contributed by atoms with Gasteiger partial charge in [0.25, 0.3) is 11.8 Å². The fraction of sp³-hybridized carbons (Fsp3) is 0.391. The maximum absolute atomic E-state index is 12.9. The number of aromatic nitrogens is 1. The van der Waals surface area contributed by atoms with E-state index in [2.05, 4.69) is 15.3 Å². The first kappa shape index (κ1) is 20.8.